The molecule has 4 aromatic rings. The van der Waals surface area contributed by atoms with Gasteiger partial charge in [0.1, 0.15) is 5.65 Å². The molecule has 2 aromatic carbocycles. The number of anilines is 1. The zero-order valence-electron chi connectivity index (χ0n) is 16.5. The topological polar surface area (TPSA) is 83.8 Å². The summed E-state index contributed by atoms with van der Waals surface area (Å²) in [6.07, 6.45) is 3.82. The van der Waals surface area contributed by atoms with E-state index in [1.165, 1.54) is 38.4 Å². The summed E-state index contributed by atoms with van der Waals surface area (Å²) in [5.74, 6) is -0.333. The minimum Gasteiger partial charge on any atom is -0.321 e. The Balaban J connectivity index is 1.61. The van der Waals surface area contributed by atoms with E-state index in [1.807, 2.05) is 59.3 Å². The molecule has 0 unspecified atom stereocenters. The lowest BCUT2D eigenvalue weighted by atomic mass is 10.1. The summed E-state index contributed by atoms with van der Waals surface area (Å²) < 4.78 is 27.4. The van der Waals surface area contributed by atoms with Gasteiger partial charge in [-0.15, -0.1) is 0 Å². The molecule has 0 bridgehead atoms. The summed E-state index contributed by atoms with van der Waals surface area (Å²) in [5, 5.41) is 2.90. The van der Waals surface area contributed by atoms with E-state index in [4.69, 9.17) is 0 Å². The molecule has 0 aliphatic rings. The van der Waals surface area contributed by atoms with E-state index >= 15 is 0 Å². The van der Waals surface area contributed by atoms with Gasteiger partial charge in [0.05, 0.1) is 16.3 Å². The molecule has 0 saturated heterocycles. The Morgan fingerprint density at radius 3 is 2.37 bits per heavy atom. The van der Waals surface area contributed by atoms with E-state index < -0.39 is 10.0 Å². The summed E-state index contributed by atoms with van der Waals surface area (Å²) in [7, 11) is -0.614. The van der Waals surface area contributed by atoms with Gasteiger partial charge in [-0.2, -0.15) is 0 Å². The number of carbonyl (C=O) groups excluding carboxylic acids is 1. The first-order chi connectivity index (χ1) is 14.4. The third-order valence-electron chi connectivity index (χ3n) is 4.71. The van der Waals surface area contributed by atoms with Gasteiger partial charge in [0, 0.05) is 37.6 Å². The molecule has 0 aliphatic heterocycles. The molecule has 0 spiro atoms. The number of para-hydroxylation sites is 1. The maximum Gasteiger partial charge on any atom is 0.255 e. The van der Waals surface area contributed by atoms with Gasteiger partial charge < -0.3 is 9.72 Å². The third kappa shape index (κ3) is 3.70. The number of imidazole rings is 1. The molecule has 8 heteroatoms. The molecule has 1 N–H and O–H groups in total. The quantitative estimate of drug-likeness (QED) is 0.536. The van der Waals surface area contributed by atoms with E-state index in [9.17, 15) is 13.2 Å². The monoisotopic (exact) mass is 420 g/mol. The van der Waals surface area contributed by atoms with Crippen molar-refractivity contribution in [3.05, 3.63) is 84.7 Å². The van der Waals surface area contributed by atoms with Crippen LogP contribution in [0.2, 0.25) is 0 Å². The van der Waals surface area contributed by atoms with Crippen molar-refractivity contribution < 1.29 is 13.2 Å². The lowest BCUT2D eigenvalue weighted by Gasteiger charge is -2.12. The minimum atomic E-state index is -3.54. The summed E-state index contributed by atoms with van der Waals surface area (Å²) >= 11 is 0. The van der Waals surface area contributed by atoms with Crippen LogP contribution in [0.5, 0.6) is 0 Å². The number of nitrogens with one attached hydrogen (secondary N) is 1. The summed E-state index contributed by atoms with van der Waals surface area (Å²) in [4.78, 5) is 17.5. The number of carbonyl (C=O) groups is 1. The highest BCUT2D eigenvalue weighted by molar-refractivity contribution is 7.89. The number of nitrogens with zero attached hydrogens (tertiary/aromatic N) is 3. The van der Waals surface area contributed by atoms with Crippen LogP contribution >= 0.6 is 0 Å². The fourth-order valence-electron chi connectivity index (χ4n) is 3.06. The molecule has 30 heavy (non-hydrogen) atoms. The van der Waals surface area contributed by atoms with Crippen LogP contribution in [0.15, 0.2) is 84.0 Å². The summed E-state index contributed by atoms with van der Waals surface area (Å²) in [6, 6.07) is 19.0. The van der Waals surface area contributed by atoms with Crippen LogP contribution in [-0.4, -0.2) is 42.1 Å². The van der Waals surface area contributed by atoms with Gasteiger partial charge in [-0.05, 0) is 42.5 Å². The number of rotatable bonds is 5. The number of sulfonamides is 1. The molecule has 1 amide bonds. The smallest absolute Gasteiger partial charge is 0.255 e. The van der Waals surface area contributed by atoms with Gasteiger partial charge in [-0.25, -0.2) is 17.7 Å². The Kier molecular flexibility index (Phi) is 5.11. The first kappa shape index (κ1) is 19.8. The van der Waals surface area contributed by atoms with Gasteiger partial charge in [0.2, 0.25) is 10.0 Å². The van der Waals surface area contributed by atoms with Gasteiger partial charge in [-0.1, -0.05) is 24.3 Å². The van der Waals surface area contributed by atoms with Crippen molar-refractivity contribution >= 4 is 27.3 Å². The van der Waals surface area contributed by atoms with E-state index in [-0.39, 0.29) is 10.8 Å². The van der Waals surface area contributed by atoms with Crippen LogP contribution in [0.3, 0.4) is 0 Å². The highest BCUT2D eigenvalue weighted by Gasteiger charge is 2.18. The molecule has 0 saturated carbocycles. The van der Waals surface area contributed by atoms with E-state index in [0.717, 1.165) is 21.2 Å². The standard InChI is InChI=1S/C22H20N4O3S/c1-25(2)30(28,29)17-12-10-16(11-13-17)22(27)24-19-8-4-3-7-18(19)20-15-26-14-6-5-9-21(26)23-20/h3-15H,1-2H3,(H,24,27). The van der Waals surface area contributed by atoms with Crippen molar-refractivity contribution in [2.24, 2.45) is 0 Å². The van der Waals surface area contributed by atoms with Gasteiger partial charge >= 0.3 is 0 Å². The van der Waals surface area contributed by atoms with Crippen LogP contribution in [0.4, 0.5) is 5.69 Å². The van der Waals surface area contributed by atoms with Crippen molar-refractivity contribution in [1.29, 1.82) is 0 Å². The van der Waals surface area contributed by atoms with Gasteiger partial charge in [0.25, 0.3) is 5.91 Å². The summed E-state index contributed by atoms with van der Waals surface area (Å²) in [6.45, 7) is 0. The van der Waals surface area contributed by atoms with Crippen LogP contribution in [0.1, 0.15) is 10.4 Å². The predicted molar refractivity (Wildman–Crippen MR) is 116 cm³/mol. The number of hydrogen-bond donors (Lipinski definition) is 1. The number of pyridine rings is 1. The lowest BCUT2D eigenvalue weighted by molar-refractivity contribution is 0.102. The fraction of sp³-hybridized carbons (Fsp3) is 0.0909. The molecule has 0 aliphatic carbocycles. The van der Waals surface area contributed by atoms with E-state index in [2.05, 4.69) is 10.3 Å². The number of amides is 1. The van der Waals surface area contributed by atoms with Gasteiger partial charge in [-0.3, -0.25) is 4.79 Å². The first-order valence-electron chi connectivity index (χ1n) is 9.23. The second kappa shape index (κ2) is 7.74. The van der Waals surface area contributed by atoms with Crippen LogP contribution in [-0.2, 0) is 10.0 Å². The van der Waals surface area contributed by atoms with Gasteiger partial charge in [0.15, 0.2) is 0 Å². The van der Waals surface area contributed by atoms with E-state index in [1.54, 1.807) is 0 Å². The molecular formula is C22H20N4O3S. The number of benzene rings is 2. The maximum absolute atomic E-state index is 12.8. The molecular weight excluding hydrogens is 400 g/mol. The minimum absolute atomic E-state index is 0.133. The molecule has 7 nitrogen and oxygen atoms in total. The molecule has 0 fully saturated rings. The molecule has 2 heterocycles. The zero-order valence-corrected chi connectivity index (χ0v) is 17.3. The van der Waals surface area contributed by atoms with Crippen LogP contribution in [0, 0.1) is 0 Å². The highest BCUT2D eigenvalue weighted by atomic mass is 32.2. The Bertz CT molecular complexity index is 1290. The molecule has 0 atom stereocenters. The largest absolute Gasteiger partial charge is 0.321 e. The Labute approximate surface area is 174 Å². The number of fused-ring (bicyclic) bond motifs is 1. The first-order valence-corrected chi connectivity index (χ1v) is 10.7. The highest BCUT2D eigenvalue weighted by Crippen LogP contribution is 2.28. The van der Waals surface area contributed by atoms with Crippen molar-refractivity contribution in [2.45, 2.75) is 4.90 Å². The Morgan fingerprint density at radius 1 is 0.967 bits per heavy atom. The second-order valence-corrected chi connectivity index (χ2v) is 9.06. The molecule has 0 radical (unpaired) electrons. The molecule has 152 valence electrons. The summed E-state index contributed by atoms with van der Waals surface area (Å²) in [5.41, 5.74) is 3.32. The third-order valence-corrected chi connectivity index (χ3v) is 6.54. The molecule has 4 rings (SSSR count). The van der Waals surface area contributed by atoms with Crippen molar-refractivity contribution in [1.82, 2.24) is 13.7 Å². The van der Waals surface area contributed by atoms with Crippen molar-refractivity contribution in [3.8, 4) is 11.3 Å². The van der Waals surface area contributed by atoms with Crippen LogP contribution in [0.25, 0.3) is 16.9 Å². The van der Waals surface area contributed by atoms with Crippen molar-refractivity contribution in [3.63, 3.8) is 0 Å². The second-order valence-electron chi connectivity index (χ2n) is 6.90. The Morgan fingerprint density at radius 2 is 1.67 bits per heavy atom. The van der Waals surface area contributed by atoms with Crippen molar-refractivity contribution in [2.75, 3.05) is 19.4 Å². The average molecular weight is 420 g/mol. The molecule has 2 aromatic heterocycles. The number of hydrogen-bond acceptors (Lipinski definition) is 4. The zero-order chi connectivity index (χ0) is 21.3. The number of aromatic nitrogens is 2. The lowest BCUT2D eigenvalue weighted by Crippen LogP contribution is -2.22. The average Bonchev–Trinajstić information content (AvgIpc) is 3.18. The van der Waals surface area contributed by atoms with E-state index in [0.29, 0.717) is 11.3 Å². The Hall–Kier alpha value is -3.49. The maximum atomic E-state index is 12.8. The SMILES string of the molecule is CN(C)S(=O)(=O)c1ccc(C(=O)Nc2ccccc2-c2cn3ccccc3n2)cc1. The van der Waals surface area contributed by atoms with Crippen LogP contribution < -0.4 is 5.32 Å². The predicted octanol–water partition coefficient (Wildman–Crippen LogP) is 3.50. The fourth-order valence-corrected chi connectivity index (χ4v) is 3.97. The normalized spacial score (nSPS) is 11.7.